The van der Waals surface area contributed by atoms with Gasteiger partial charge in [0.1, 0.15) is 5.82 Å². The van der Waals surface area contributed by atoms with Crippen LogP contribution in [-0.4, -0.2) is 30.7 Å². The van der Waals surface area contributed by atoms with Crippen LogP contribution in [0.1, 0.15) is 18.9 Å². The van der Waals surface area contributed by atoms with Crippen molar-refractivity contribution in [3.05, 3.63) is 29.6 Å². The molecule has 0 spiro atoms. The smallest absolute Gasteiger partial charge is 0.134 e. The third kappa shape index (κ3) is 3.03. The highest BCUT2D eigenvalue weighted by molar-refractivity contribution is 6.02. The third-order valence-electron chi connectivity index (χ3n) is 2.63. The maximum Gasteiger partial charge on any atom is 0.134 e. The Morgan fingerprint density at radius 3 is 2.75 bits per heavy atom. The van der Waals surface area contributed by atoms with Gasteiger partial charge >= 0.3 is 0 Å². The number of hydrogen-bond donors (Lipinski definition) is 2. The number of benzene rings is 1. The van der Waals surface area contributed by atoms with Crippen molar-refractivity contribution >= 4 is 11.4 Å². The average Bonchev–Trinajstić information content (AvgIpc) is 2.25. The lowest BCUT2D eigenvalue weighted by atomic mass is 10.0. The maximum atomic E-state index is 13.5. The molecule has 0 amide bonds. The first-order chi connectivity index (χ1) is 7.56. The molecule has 0 aromatic heterocycles. The van der Waals surface area contributed by atoms with E-state index >= 15 is 0 Å². The molecule has 0 bridgehead atoms. The van der Waals surface area contributed by atoms with Crippen LogP contribution < -0.4 is 5.73 Å². The lowest BCUT2D eigenvalue weighted by Gasteiger charge is -2.15. The second-order valence-electron chi connectivity index (χ2n) is 3.83. The summed E-state index contributed by atoms with van der Waals surface area (Å²) in [7, 11) is 1.97. The summed E-state index contributed by atoms with van der Waals surface area (Å²) < 4.78 is 13.5. The Hall–Kier alpha value is -1.42. The number of hydrogen-bond acceptors (Lipinski definition) is 3. The number of halogens is 1. The van der Waals surface area contributed by atoms with Crippen LogP contribution in [0.5, 0.6) is 0 Å². The molecule has 0 saturated carbocycles. The lowest BCUT2D eigenvalue weighted by molar-refractivity contribution is 0.364. The van der Waals surface area contributed by atoms with Gasteiger partial charge in [-0.25, -0.2) is 4.39 Å². The van der Waals surface area contributed by atoms with E-state index in [1.807, 2.05) is 14.0 Å². The van der Waals surface area contributed by atoms with Crippen LogP contribution in [0.3, 0.4) is 0 Å². The van der Waals surface area contributed by atoms with Crippen molar-refractivity contribution in [2.75, 3.05) is 25.9 Å². The molecule has 88 valence electrons. The molecule has 3 N–H and O–H groups in total. The topological polar surface area (TPSA) is 53.1 Å². The quantitative estimate of drug-likeness (QED) is 0.593. The molecule has 0 unspecified atom stereocenters. The van der Waals surface area contributed by atoms with Crippen molar-refractivity contribution < 1.29 is 4.39 Å². The highest BCUT2D eigenvalue weighted by Gasteiger charge is 2.11. The first-order valence-electron chi connectivity index (χ1n) is 5.36. The predicted molar refractivity (Wildman–Crippen MR) is 65.4 cm³/mol. The lowest BCUT2D eigenvalue weighted by Crippen LogP contribution is -2.22. The van der Waals surface area contributed by atoms with Crippen molar-refractivity contribution in [2.45, 2.75) is 13.3 Å². The molecular weight excluding hydrogens is 205 g/mol. The molecular formula is C12H18FN3. The third-order valence-corrected chi connectivity index (χ3v) is 2.63. The SMILES string of the molecule is CCN(C)CCC(=N)c1c(N)cccc1F. The van der Waals surface area contributed by atoms with Crippen LogP contribution in [0.25, 0.3) is 0 Å². The molecule has 1 rings (SSSR count). The van der Waals surface area contributed by atoms with Gasteiger partial charge in [-0.3, -0.25) is 0 Å². The number of nitrogens with two attached hydrogens (primary N) is 1. The van der Waals surface area contributed by atoms with E-state index < -0.39 is 5.82 Å². The number of rotatable bonds is 5. The Kier molecular flexibility index (Phi) is 4.43. The van der Waals surface area contributed by atoms with Crippen LogP contribution >= 0.6 is 0 Å². The van der Waals surface area contributed by atoms with Crippen LogP contribution in [0.15, 0.2) is 18.2 Å². The Morgan fingerprint density at radius 2 is 2.19 bits per heavy atom. The van der Waals surface area contributed by atoms with E-state index in [2.05, 4.69) is 4.90 Å². The van der Waals surface area contributed by atoms with Gasteiger partial charge in [0, 0.05) is 24.4 Å². The van der Waals surface area contributed by atoms with Gasteiger partial charge in [0.05, 0.1) is 5.56 Å². The summed E-state index contributed by atoms with van der Waals surface area (Å²) in [5.41, 5.74) is 6.51. The fraction of sp³-hybridized carbons (Fsp3) is 0.417. The fourth-order valence-corrected chi connectivity index (χ4v) is 1.44. The van der Waals surface area contributed by atoms with Crippen LogP contribution in [0.2, 0.25) is 0 Å². The number of anilines is 1. The Bertz CT molecular complexity index is 356. The molecule has 0 saturated heterocycles. The van der Waals surface area contributed by atoms with E-state index in [1.165, 1.54) is 6.07 Å². The molecule has 0 fully saturated rings. The summed E-state index contributed by atoms with van der Waals surface area (Å²) in [4.78, 5) is 2.07. The molecule has 1 aromatic rings. The molecule has 16 heavy (non-hydrogen) atoms. The average molecular weight is 223 g/mol. The standard InChI is InChI=1S/C12H18FN3/c1-3-16(2)8-7-11(15)12-9(13)5-4-6-10(12)14/h4-6,15H,3,7-8,14H2,1-2H3. The van der Waals surface area contributed by atoms with E-state index in [9.17, 15) is 4.39 Å². The summed E-state index contributed by atoms with van der Waals surface area (Å²) in [6, 6.07) is 4.51. The van der Waals surface area contributed by atoms with Crippen molar-refractivity contribution in [2.24, 2.45) is 0 Å². The van der Waals surface area contributed by atoms with Gasteiger partial charge in [-0.1, -0.05) is 13.0 Å². The minimum atomic E-state index is -0.413. The van der Waals surface area contributed by atoms with E-state index in [4.69, 9.17) is 11.1 Å². The van der Waals surface area contributed by atoms with Crippen molar-refractivity contribution in [3.63, 3.8) is 0 Å². The minimum Gasteiger partial charge on any atom is -0.398 e. The number of nitrogens with one attached hydrogen (secondary N) is 1. The van der Waals surface area contributed by atoms with E-state index in [-0.39, 0.29) is 11.3 Å². The van der Waals surface area contributed by atoms with Crippen LogP contribution in [-0.2, 0) is 0 Å². The van der Waals surface area contributed by atoms with Gasteiger partial charge in [0.15, 0.2) is 0 Å². The van der Waals surface area contributed by atoms with Crippen molar-refractivity contribution in [1.29, 1.82) is 5.41 Å². The largest absolute Gasteiger partial charge is 0.398 e. The molecule has 3 nitrogen and oxygen atoms in total. The zero-order chi connectivity index (χ0) is 12.1. The predicted octanol–water partition coefficient (Wildman–Crippen LogP) is 2.12. The zero-order valence-corrected chi connectivity index (χ0v) is 9.76. The Labute approximate surface area is 95.6 Å². The summed E-state index contributed by atoms with van der Waals surface area (Å²) in [5.74, 6) is -0.413. The summed E-state index contributed by atoms with van der Waals surface area (Å²) >= 11 is 0. The van der Waals surface area contributed by atoms with E-state index in [0.717, 1.165) is 13.1 Å². The normalized spacial score (nSPS) is 10.8. The minimum absolute atomic E-state index is 0.243. The molecule has 1 aromatic carbocycles. The molecule has 0 atom stereocenters. The highest BCUT2D eigenvalue weighted by Crippen LogP contribution is 2.17. The second kappa shape index (κ2) is 5.61. The maximum absolute atomic E-state index is 13.5. The molecule has 4 heteroatoms. The van der Waals surface area contributed by atoms with Gasteiger partial charge in [-0.15, -0.1) is 0 Å². The van der Waals surface area contributed by atoms with Crippen LogP contribution in [0.4, 0.5) is 10.1 Å². The first-order valence-corrected chi connectivity index (χ1v) is 5.36. The molecule has 0 aliphatic rings. The second-order valence-corrected chi connectivity index (χ2v) is 3.83. The molecule has 0 heterocycles. The van der Waals surface area contributed by atoms with Gasteiger partial charge in [0.25, 0.3) is 0 Å². The van der Waals surface area contributed by atoms with Gasteiger partial charge in [0.2, 0.25) is 0 Å². The Morgan fingerprint density at radius 1 is 1.50 bits per heavy atom. The molecule has 0 aliphatic carbocycles. The first kappa shape index (κ1) is 12.6. The number of nitrogens with zero attached hydrogens (tertiary/aromatic N) is 1. The molecule has 0 aliphatic heterocycles. The van der Waals surface area contributed by atoms with E-state index in [1.54, 1.807) is 12.1 Å². The summed E-state index contributed by atoms with van der Waals surface area (Å²) in [6.07, 6.45) is 0.509. The van der Waals surface area contributed by atoms with Crippen molar-refractivity contribution in [1.82, 2.24) is 4.90 Å². The fourth-order valence-electron chi connectivity index (χ4n) is 1.44. The van der Waals surface area contributed by atoms with Gasteiger partial charge in [-0.2, -0.15) is 0 Å². The van der Waals surface area contributed by atoms with Gasteiger partial charge in [-0.05, 0) is 25.7 Å². The molecule has 0 radical (unpaired) electrons. The van der Waals surface area contributed by atoms with Crippen LogP contribution in [0, 0.1) is 11.2 Å². The monoisotopic (exact) mass is 223 g/mol. The Balaban J connectivity index is 2.73. The zero-order valence-electron chi connectivity index (χ0n) is 9.76. The highest BCUT2D eigenvalue weighted by atomic mass is 19.1. The van der Waals surface area contributed by atoms with Crippen molar-refractivity contribution in [3.8, 4) is 0 Å². The van der Waals surface area contributed by atoms with Gasteiger partial charge < -0.3 is 16.0 Å². The van der Waals surface area contributed by atoms with E-state index in [0.29, 0.717) is 12.1 Å². The summed E-state index contributed by atoms with van der Waals surface area (Å²) in [6.45, 7) is 3.70. The summed E-state index contributed by atoms with van der Waals surface area (Å²) in [5, 5.41) is 7.83. The number of nitrogen functional groups attached to an aromatic ring is 1.